The molecule has 0 radical (unpaired) electrons. The number of carboxylic acids is 1. The molecule has 0 saturated carbocycles. The van der Waals surface area contributed by atoms with Crippen LogP contribution in [0.3, 0.4) is 0 Å². The number of furan rings is 1. The predicted octanol–water partition coefficient (Wildman–Crippen LogP) is 2.70. The Morgan fingerprint density at radius 3 is 3.00 bits per heavy atom. The van der Waals surface area contributed by atoms with Gasteiger partial charge in [0.25, 0.3) is 0 Å². The number of nitrogens with zero attached hydrogens (tertiary/aromatic N) is 2. The minimum absolute atomic E-state index is 0.119. The van der Waals surface area contributed by atoms with Crippen molar-refractivity contribution < 1.29 is 14.3 Å². The average Bonchev–Trinajstić information content (AvgIpc) is 2.97. The quantitative estimate of drug-likeness (QED) is 0.881. The lowest BCUT2D eigenvalue weighted by Gasteiger charge is -2.14. The van der Waals surface area contributed by atoms with Gasteiger partial charge in [-0.3, -0.25) is 4.79 Å². The first-order valence-corrected chi connectivity index (χ1v) is 6.84. The van der Waals surface area contributed by atoms with Gasteiger partial charge in [0.15, 0.2) is 5.13 Å². The molecule has 0 aliphatic rings. The highest BCUT2D eigenvalue weighted by Gasteiger charge is 2.11. The summed E-state index contributed by atoms with van der Waals surface area (Å²) in [7, 11) is 1.96. The van der Waals surface area contributed by atoms with Gasteiger partial charge in [0.2, 0.25) is 0 Å². The topological polar surface area (TPSA) is 66.6 Å². The van der Waals surface area contributed by atoms with Gasteiger partial charge >= 0.3 is 5.97 Å². The van der Waals surface area contributed by atoms with Crippen molar-refractivity contribution in [3.63, 3.8) is 0 Å². The first-order chi connectivity index (χ1) is 9.06. The number of thiazole rings is 1. The van der Waals surface area contributed by atoms with Gasteiger partial charge in [-0.05, 0) is 13.0 Å². The van der Waals surface area contributed by atoms with E-state index >= 15 is 0 Å². The van der Waals surface area contributed by atoms with Crippen LogP contribution in [0.2, 0.25) is 0 Å². The Morgan fingerprint density at radius 2 is 2.37 bits per heavy atom. The highest BCUT2D eigenvalue weighted by Crippen LogP contribution is 2.22. The van der Waals surface area contributed by atoms with Crippen LogP contribution in [0.25, 0.3) is 0 Å². The highest BCUT2D eigenvalue weighted by atomic mass is 32.1. The second kappa shape index (κ2) is 5.88. The number of aromatic nitrogens is 1. The number of carbonyl (C=O) groups is 1. The van der Waals surface area contributed by atoms with Gasteiger partial charge in [0, 0.05) is 31.0 Å². The van der Waals surface area contributed by atoms with Crippen molar-refractivity contribution in [3.8, 4) is 0 Å². The minimum Gasteiger partial charge on any atom is -0.481 e. The molecule has 0 atom stereocenters. The second-order valence-corrected chi connectivity index (χ2v) is 5.21. The molecule has 0 aliphatic heterocycles. The SMILES string of the molecule is Cc1occc1CN(C)c1nc(CCC(=O)O)cs1. The van der Waals surface area contributed by atoms with Crippen molar-refractivity contribution in [2.45, 2.75) is 26.3 Å². The zero-order chi connectivity index (χ0) is 13.8. The molecule has 102 valence electrons. The van der Waals surface area contributed by atoms with Gasteiger partial charge in [-0.25, -0.2) is 4.98 Å². The fraction of sp³-hybridized carbons (Fsp3) is 0.385. The van der Waals surface area contributed by atoms with Crippen molar-refractivity contribution >= 4 is 22.4 Å². The normalized spacial score (nSPS) is 10.6. The van der Waals surface area contributed by atoms with Crippen LogP contribution in [0.1, 0.15) is 23.4 Å². The van der Waals surface area contributed by atoms with Crippen molar-refractivity contribution in [2.75, 3.05) is 11.9 Å². The van der Waals surface area contributed by atoms with Gasteiger partial charge in [0.05, 0.1) is 18.4 Å². The summed E-state index contributed by atoms with van der Waals surface area (Å²) in [6.45, 7) is 2.66. The van der Waals surface area contributed by atoms with Crippen molar-refractivity contribution in [3.05, 3.63) is 34.7 Å². The van der Waals surface area contributed by atoms with E-state index < -0.39 is 5.97 Å². The van der Waals surface area contributed by atoms with E-state index in [0.29, 0.717) is 6.42 Å². The number of rotatable bonds is 6. The van der Waals surface area contributed by atoms with Crippen LogP contribution in [0.5, 0.6) is 0 Å². The maximum atomic E-state index is 10.5. The lowest BCUT2D eigenvalue weighted by Crippen LogP contribution is -2.16. The summed E-state index contributed by atoms with van der Waals surface area (Å²) < 4.78 is 5.26. The zero-order valence-corrected chi connectivity index (χ0v) is 11.7. The summed E-state index contributed by atoms with van der Waals surface area (Å²) >= 11 is 1.53. The Labute approximate surface area is 115 Å². The van der Waals surface area contributed by atoms with Crippen molar-refractivity contribution in [1.82, 2.24) is 4.98 Å². The summed E-state index contributed by atoms with van der Waals surface area (Å²) in [6.07, 6.45) is 2.27. The van der Waals surface area contributed by atoms with E-state index in [4.69, 9.17) is 9.52 Å². The summed E-state index contributed by atoms with van der Waals surface area (Å²) in [6, 6.07) is 1.95. The number of anilines is 1. The van der Waals surface area contributed by atoms with E-state index in [2.05, 4.69) is 4.98 Å². The Kier molecular flexibility index (Phi) is 4.21. The summed E-state index contributed by atoms with van der Waals surface area (Å²) in [5, 5.41) is 11.5. The Balaban J connectivity index is 1.98. The first kappa shape index (κ1) is 13.6. The number of aryl methyl sites for hydroxylation is 2. The van der Waals surface area contributed by atoms with E-state index in [1.54, 1.807) is 6.26 Å². The van der Waals surface area contributed by atoms with Gasteiger partial charge in [-0.2, -0.15) is 0 Å². The second-order valence-electron chi connectivity index (χ2n) is 4.37. The molecule has 1 N–H and O–H groups in total. The molecule has 0 saturated heterocycles. The van der Waals surface area contributed by atoms with Gasteiger partial charge in [0.1, 0.15) is 5.76 Å². The van der Waals surface area contributed by atoms with Gasteiger partial charge in [-0.1, -0.05) is 0 Å². The summed E-state index contributed by atoms with van der Waals surface area (Å²) in [5.41, 5.74) is 1.96. The van der Waals surface area contributed by atoms with E-state index in [1.807, 2.05) is 30.3 Å². The zero-order valence-electron chi connectivity index (χ0n) is 10.9. The molecular formula is C13H16N2O3S. The first-order valence-electron chi connectivity index (χ1n) is 5.96. The van der Waals surface area contributed by atoms with Crippen LogP contribution in [0.15, 0.2) is 22.1 Å². The number of aliphatic carboxylic acids is 1. The number of hydrogen-bond donors (Lipinski definition) is 1. The molecular weight excluding hydrogens is 264 g/mol. The molecule has 5 nitrogen and oxygen atoms in total. The van der Waals surface area contributed by atoms with E-state index in [-0.39, 0.29) is 6.42 Å². The lowest BCUT2D eigenvalue weighted by atomic mass is 10.2. The third kappa shape index (κ3) is 3.57. The third-order valence-electron chi connectivity index (χ3n) is 2.83. The van der Waals surface area contributed by atoms with E-state index in [9.17, 15) is 4.79 Å². The molecule has 2 heterocycles. The van der Waals surface area contributed by atoms with Crippen molar-refractivity contribution in [2.24, 2.45) is 0 Å². The lowest BCUT2D eigenvalue weighted by molar-refractivity contribution is -0.136. The van der Waals surface area contributed by atoms with Crippen LogP contribution in [0.4, 0.5) is 5.13 Å². The maximum absolute atomic E-state index is 10.5. The average molecular weight is 280 g/mol. The standard InChI is InChI=1S/C13H16N2O3S/c1-9-10(5-6-18-9)7-15(2)13-14-11(8-19-13)3-4-12(16)17/h5-6,8H,3-4,7H2,1-2H3,(H,16,17). The molecule has 0 fully saturated rings. The van der Waals surface area contributed by atoms with Crippen LogP contribution >= 0.6 is 11.3 Å². The third-order valence-corrected chi connectivity index (χ3v) is 3.84. The monoisotopic (exact) mass is 280 g/mol. The smallest absolute Gasteiger partial charge is 0.303 e. The summed E-state index contributed by atoms with van der Waals surface area (Å²) in [5.74, 6) is 0.117. The number of carboxylic acid groups (broad SMARTS) is 1. The largest absolute Gasteiger partial charge is 0.481 e. The van der Waals surface area contributed by atoms with E-state index in [0.717, 1.165) is 28.7 Å². The van der Waals surface area contributed by atoms with Crippen LogP contribution in [-0.4, -0.2) is 23.1 Å². The molecule has 6 heteroatoms. The molecule has 0 aromatic carbocycles. The molecule has 0 bridgehead atoms. The molecule has 2 aromatic rings. The van der Waals surface area contributed by atoms with Gasteiger partial charge < -0.3 is 14.4 Å². The molecule has 2 rings (SSSR count). The minimum atomic E-state index is -0.795. The van der Waals surface area contributed by atoms with Crippen molar-refractivity contribution in [1.29, 1.82) is 0 Å². The number of hydrogen-bond acceptors (Lipinski definition) is 5. The molecule has 2 aromatic heterocycles. The molecule has 0 unspecified atom stereocenters. The van der Waals surface area contributed by atoms with Crippen LogP contribution < -0.4 is 4.90 Å². The summed E-state index contributed by atoms with van der Waals surface area (Å²) in [4.78, 5) is 17.0. The van der Waals surface area contributed by atoms with Crippen LogP contribution in [-0.2, 0) is 17.8 Å². The molecule has 19 heavy (non-hydrogen) atoms. The molecule has 0 amide bonds. The Morgan fingerprint density at radius 1 is 1.58 bits per heavy atom. The fourth-order valence-corrected chi connectivity index (χ4v) is 2.55. The highest BCUT2D eigenvalue weighted by molar-refractivity contribution is 7.13. The predicted molar refractivity (Wildman–Crippen MR) is 73.6 cm³/mol. The Bertz CT molecular complexity index is 562. The maximum Gasteiger partial charge on any atom is 0.303 e. The molecule has 0 spiro atoms. The fourth-order valence-electron chi connectivity index (χ4n) is 1.72. The van der Waals surface area contributed by atoms with Gasteiger partial charge in [-0.15, -0.1) is 11.3 Å². The van der Waals surface area contributed by atoms with Crippen LogP contribution in [0, 0.1) is 6.92 Å². The molecule has 0 aliphatic carbocycles. The van der Waals surface area contributed by atoms with E-state index in [1.165, 1.54) is 11.3 Å². The Hall–Kier alpha value is -1.82.